The molecule has 2 aromatic rings. The molecule has 1 fully saturated rings. The molecule has 4 heteroatoms. The van der Waals surface area contributed by atoms with Gasteiger partial charge in [-0.15, -0.1) is 0 Å². The fourth-order valence-corrected chi connectivity index (χ4v) is 3.81. The number of benzene rings is 1. The Morgan fingerprint density at radius 2 is 2.09 bits per heavy atom. The molecule has 1 atom stereocenters. The van der Waals surface area contributed by atoms with Gasteiger partial charge in [0.05, 0.1) is 11.6 Å². The number of hydrogen-bond donors (Lipinski definition) is 1. The van der Waals surface area contributed by atoms with E-state index in [4.69, 9.17) is 0 Å². The van der Waals surface area contributed by atoms with Crippen LogP contribution in [0, 0.1) is 0 Å². The van der Waals surface area contributed by atoms with E-state index in [2.05, 4.69) is 22.9 Å². The van der Waals surface area contributed by atoms with E-state index in [-0.39, 0.29) is 11.9 Å². The zero-order valence-electron chi connectivity index (χ0n) is 14.2. The number of para-hydroxylation sites is 1. The van der Waals surface area contributed by atoms with Gasteiger partial charge in [0.15, 0.2) is 0 Å². The summed E-state index contributed by atoms with van der Waals surface area (Å²) in [6, 6.07) is 8.24. The van der Waals surface area contributed by atoms with Crippen molar-refractivity contribution in [2.45, 2.75) is 51.2 Å². The first kappa shape index (κ1) is 16.1. The van der Waals surface area contributed by atoms with E-state index < -0.39 is 5.60 Å². The Bertz CT molecular complexity index is 712. The van der Waals surface area contributed by atoms with E-state index in [1.807, 2.05) is 24.1 Å². The second-order valence-corrected chi connectivity index (χ2v) is 7.18. The minimum absolute atomic E-state index is 0.0532. The lowest BCUT2D eigenvalue weighted by atomic mass is 9.96. The van der Waals surface area contributed by atoms with E-state index in [1.165, 1.54) is 16.5 Å². The van der Waals surface area contributed by atoms with Gasteiger partial charge in [0.1, 0.15) is 0 Å². The fraction of sp³-hybridized carbons (Fsp3) is 0.526. The quantitative estimate of drug-likeness (QED) is 0.943. The largest absolute Gasteiger partial charge is 0.388 e. The molecule has 124 valence electrons. The lowest BCUT2D eigenvalue weighted by Gasteiger charge is -2.33. The maximum atomic E-state index is 12.6. The molecule has 1 N–H and O–H groups in total. The molecule has 2 heterocycles. The number of hydrogen-bond acceptors (Lipinski definition) is 2. The van der Waals surface area contributed by atoms with Crippen LogP contribution in [0.1, 0.15) is 38.7 Å². The van der Waals surface area contributed by atoms with E-state index >= 15 is 0 Å². The third-order valence-corrected chi connectivity index (χ3v) is 4.98. The third-order valence-electron chi connectivity index (χ3n) is 4.98. The molecular formula is C19H26N2O2. The summed E-state index contributed by atoms with van der Waals surface area (Å²) in [6.07, 6.45) is 5.24. The van der Waals surface area contributed by atoms with Crippen molar-refractivity contribution in [3.63, 3.8) is 0 Å². The van der Waals surface area contributed by atoms with Gasteiger partial charge in [0.2, 0.25) is 5.91 Å². The van der Waals surface area contributed by atoms with Crippen molar-refractivity contribution in [3.8, 4) is 0 Å². The number of nitrogens with zero attached hydrogens (tertiary/aromatic N) is 2. The van der Waals surface area contributed by atoms with Gasteiger partial charge in [-0.3, -0.25) is 4.79 Å². The highest BCUT2D eigenvalue weighted by molar-refractivity contribution is 5.85. The topological polar surface area (TPSA) is 45.5 Å². The maximum Gasteiger partial charge on any atom is 0.223 e. The Labute approximate surface area is 137 Å². The van der Waals surface area contributed by atoms with Crippen LogP contribution in [0.15, 0.2) is 30.5 Å². The maximum absolute atomic E-state index is 12.6. The molecule has 1 aliphatic rings. The molecule has 0 unspecified atom stereocenters. The van der Waals surface area contributed by atoms with Crippen LogP contribution >= 0.6 is 0 Å². The lowest BCUT2D eigenvalue weighted by Crippen LogP contribution is -2.48. The van der Waals surface area contributed by atoms with Gasteiger partial charge in [-0.25, -0.2) is 0 Å². The number of aryl methyl sites for hydroxylation is 2. The van der Waals surface area contributed by atoms with Crippen molar-refractivity contribution < 1.29 is 9.90 Å². The first-order valence-corrected chi connectivity index (χ1v) is 8.42. The van der Waals surface area contributed by atoms with Gasteiger partial charge in [-0.1, -0.05) is 18.2 Å². The monoisotopic (exact) mass is 314 g/mol. The minimum atomic E-state index is -0.828. The second-order valence-electron chi connectivity index (χ2n) is 7.18. The molecule has 1 aromatic carbocycles. The van der Waals surface area contributed by atoms with E-state index in [0.29, 0.717) is 6.42 Å². The van der Waals surface area contributed by atoms with Crippen molar-refractivity contribution in [3.05, 3.63) is 36.0 Å². The predicted molar refractivity (Wildman–Crippen MR) is 92.3 cm³/mol. The lowest BCUT2D eigenvalue weighted by molar-refractivity contribution is -0.136. The third kappa shape index (κ3) is 3.13. The SMILES string of the molecule is Cn1cc(CCC(=O)N2CCC[C@@H]2C(C)(C)O)c2ccccc21. The molecule has 1 saturated heterocycles. The standard InChI is InChI=1S/C19H26N2O2/c1-19(2,23)17-9-6-12-21(17)18(22)11-10-14-13-20(3)16-8-5-4-7-15(14)16/h4-5,7-8,13,17,23H,6,9-12H2,1-3H3/t17-/m1/s1. The summed E-state index contributed by atoms with van der Waals surface area (Å²) >= 11 is 0. The molecule has 3 rings (SSSR count). The number of rotatable bonds is 4. The molecule has 0 spiro atoms. The molecule has 23 heavy (non-hydrogen) atoms. The van der Waals surface area contributed by atoms with Crippen molar-refractivity contribution >= 4 is 16.8 Å². The van der Waals surface area contributed by atoms with Gasteiger partial charge >= 0.3 is 0 Å². The highest BCUT2D eigenvalue weighted by Gasteiger charge is 2.38. The summed E-state index contributed by atoms with van der Waals surface area (Å²) in [4.78, 5) is 14.5. The summed E-state index contributed by atoms with van der Waals surface area (Å²) in [5, 5.41) is 11.5. The van der Waals surface area contributed by atoms with Crippen LogP contribution in [-0.4, -0.2) is 38.7 Å². The van der Waals surface area contributed by atoms with Crippen LogP contribution in [0.5, 0.6) is 0 Å². The van der Waals surface area contributed by atoms with E-state index in [9.17, 15) is 9.90 Å². The van der Waals surface area contributed by atoms with Crippen molar-refractivity contribution in [1.29, 1.82) is 0 Å². The summed E-state index contributed by atoms with van der Waals surface area (Å²) in [5.74, 6) is 0.155. The van der Waals surface area contributed by atoms with Crippen molar-refractivity contribution in [1.82, 2.24) is 9.47 Å². The molecule has 1 aromatic heterocycles. The van der Waals surface area contributed by atoms with Crippen molar-refractivity contribution in [2.24, 2.45) is 7.05 Å². The van der Waals surface area contributed by atoms with Crippen molar-refractivity contribution in [2.75, 3.05) is 6.54 Å². The number of aromatic nitrogens is 1. The number of carbonyl (C=O) groups is 1. The van der Waals surface area contributed by atoms with Crippen LogP contribution in [0.25, 0.3) is 10.9 Å². The summed E-state index contributed by atoms with van der Waals surface area (Å²) in [5.41, 5.74) is 1.59. The van der Waals surface area contributed by atoms with Crippen LogP contribution in [-0.2, 0) is 18.3 Å². The highest BCUT2D eigenvalue weighted by atomic mass is 16.3. The highest BCUT2D eigenvalue weighted by Crippen LogP contribution is 2.28. The van der Waals surface area contributed by atoms with E-state index in [0.717, 1.165) is 25.8 Å². The van der Waals surface area contributed by atoms with Crippen LogP contribution in [0.3, 0.4) is 0 Å². The first-order valence-electron chi connectivity index (χ1n) is 8.42. The predicted octanol–water partition coefficient (Wildman–Crippen LogP) is 2.87. The Kier molecular flexibility index (Phi) is 4.19. The van der Waals surface area contributed by atoms with Crippen LogP contribution < -0.4 is 0 Å². The Balaban J connectivity index is 1.71. The number of fused-ring (bicyclic) bond motifs is 1. The smallest absolute Gasteiger partial charge is 0.223 e. The van der Waals surface area contributed by atoms with Gasteiger partial charge in [0.25, 0.3) is 0 Å². The van der Waals surface area contributed by atoms with Gasteiger partial charge in [-0.05, 0) is 44.7 Å². The molecule has 0 saturated carbocycles. The fourth-order valence-electron chi connectivity index (χ4n) is 3.81. The van der Waals surface area contributed by atoms with E-state index in [1.54, 1.807) is 13.8 Å². The number of likely N-dealkylation sites (tertiary alicyclic amines) is 1. The molecule has 1 amide bonds. The molecule has 0 radical (unpaired) electrons. The van der Waals surface area contributed by atoms with Gasteiger partial charge in [-0.2, -0.15) is 0 Å². The molecular weight excluding hydrogens is 288 g/mol. The summed E-state index contributed by atoms with van der Waals surface area (Å²) in [6.45, 7) is 4.37. The Hall–Kier alpha value is -1.81. The Morgan fingerprint density at radius 3 is 2.83 bits per heavy atom. The molecule has 0 bridgehead atoms. The number of aliphatic hydroxyl groups is 1. The summed E-state index contributed by atoms with van der Waals surface area (Å²) in [7, 11) is 2.04. The molecule has 0 aliphatic carbocycles. The normalized spacial score (nSPS) is 18.8. The zero-order valence-corrected chi connectivity index (χ0v) is 14.2. The molecule has 4 nitrogen and oxygen atoms in total. The average Bonchev–Trinajstić information content (AvgIpc) is 3.10. The average molecular weight is 314 g/mol. The zero-order chi connectivity index (χ0) is 16.6. The number of amides is 1. The minimum Gasteiger partial charge on any atom is -0.388 e. The van der Waals surface area contributed by atoms with Gasteiger partial charge < -0.3 is 14.6 Å². The molecule has 1 aliphatic heterocycles. The second kappa shape index (κ2) is 6.00. The van der Waals surface area contributed by atoms with Crippen LogP contribution in [0.4, 0.5) is 0 Å². The van der Waals surface area contributed by atoms with Crippen LogP contribution in [0.2, 0.25) is 0 Å². The Morgan fingerprint density at radius 1 is 1.35 bits per heavy atom. The summed E-state index contributed by atoms with van der Waals surface area (Å²) < 4.78 is 2.12. The number of carbonyl (C=O) groups excluding carboxylic acids is 1. The first-order chi connectivity index (χ1) is 10.9. The van der Waals surface area contributed by atoms with Gasteiger partial charge in [0, 0.05) is 37.1 Å².